The van der Waals surface area contributed by atoms with Gasteiger partial charge in [-0.3, -0.25) is 9.59 Å². The number of nitrogens with zero attached hydrogens (tertiary/aromatic N) is 4. The Balaban J connectivity index is 1.53. The van der Waals surface area contributed by atoms with Gasteiger partial charge in [-0.15, -0.1) is 10.2 Å². The maximum absolute atomic E-state index is 13.5. The largest absolute Gasteiger partial charge is 0.431 e. The van der Waals surface area contributed by atoms with E-state index in [1.165, 1.54) is 17.0 Å². The number of hydrogen-bond acceptors (Lipinski definition) is 6. The summed E-state index contributed by atoms with van der Waals surface area (Å²) in [5.74, 6) is -0.356. The topological polar surface area (TPSA) is 108 Å². The highest BCUT2D eigenvalue weighted by molar-refractivity contribution is 7.99. The van der Waals surface area contributed by atoms with Crippen molar-refractivity contribution < 1.29 is 18.0 Å². The molecule has 5 rings (SSSR count). The molecule has 184 valence electrons. The lowest BCUT2D eigenvalue weighted by molar-refractivity contribution is -0.141. The molecule has 0 atom stereocenters. The Morgan fingerprint density at radius 2 is 1.78 bits per heavy atom. The normalized spacial score (nSPS) is 13.2. The molecule has 0 aliphatic carbocycles. The number of rotatable bonds is 4. The highest BCUT2D eigenvalue weighted by Crippen LogP contribution is 2.41. The highest BCUT2D eigenvalue weighted by atomic mass is 35.5. The Morgan fingerprint density at radius 3 is 2.44 bits per heavy atom. The number of carbonyl (C=O) groups excluding carboxylic acids is 1. The predicted octanol–water partition coefficient (Wildman–Crippen LogP) is 5.19. The van der Waals surface area contributed by atoms with Crippen molar-refractivity contribution in [3.05, 3.63) is 85.2 Å². The van der Waals surface area contributed by atoms with Crippen LogP contribution in [0.5, 0.6) is 0 Å². The van der Waals surface area contributed by atoms with Gasteiger partial charge in [0, 0.05) is 28.4 Å². The molecule has 2 aromatic carbocycles. The van der Waals surface area contributed by atoms with E-state index < -0.39 is 28.9 Å². The van der Waals surface area contributed by atoms with Gasteiger partial charge >= 0.3 is 6.18 Å². The van der Waals surface area contributed by atoms with Gasteiger partial charge in [-0.25, -0.2) is 0 Å². The number of benzene rings is 2. The molecule has 0 saturated carbocycles. The van der Waals surface area contributed by atoms with Crippen LogP contribution in [-0.2, 0) is 19.3 Å². The molecule has 1 aliphatic heterocycles. The van der Waals surface area contributed by atoms with E-state index in [-0.39, 0.29) is 32.9 Å². The van der Waals surface area contributed by atoms with Crippen molar-refractivity contribution in [3.8, 4) is 11.4 Å². The summed E-state index contributed by atoms with van der Waals surface area (Å²) >= 11 is 13.1. The number of aromatic nitrogens is 5. The molecule has 3 heterocycles. The summed E-state index contributed by atoms with van der Waals surface area (Å²) in [5, 5.41) is 14.1. The van der Waals surface area contributed by atoms with Gasteiger partial charge < -0.3 is 9.88 Å². The van der Waals surface area contributed by atoms with Gasteiger partial charge in [0.2, 0.25) is 5.82 Å². The van der Waals surface area contributed by atoms with Crippen molar-refractivity contribution >= 4 is 40.9 Å². The number of fused-ring (bicyclic) bond motifs is 1. The zero-order valence-corrected chi connectivity index (χ0v) is 20.2. The molecule has 4 aromatic rings. The number of carbonyl (C=O) groups is 1. The van der Waals surface area contributed by atoms with Crippen LogP contribution in [0, 0.1) is 0 Å². The molecule has 2 N–H and O–H groups in total. The maximum Gasteiger partial charge on any atom is 0.431 e. The second-order valence-corrected chi connectivity index (χ2v) is 9.65. The van der Waals surface area contributed by atoms with Gasteiger partial charge in [-0.2, -0.15) is 18.4 Å². The quantitative estimate of drug-likeness (QED) is 0.361. The van der Waals surface area contributed by atoms with Crippen LogP contribution >= 0.6 is 35.0 Å². The lowest BCUT2D eigenvalue weighted by atomic mass is 10.1. The molecular weight excluding hydrogens is 540 g/mol. The van der Waals surface area contributed by atoms with E-state index in [1.807, 2.05) is 0 Å². The fraction of sp³-hybridized carbons (Fsp3) is 0.136. The first-order valence-electron chi connectivity index (χ1n) is 10.2. The number of tetrazole rings is 1. The first-order chi connectivity index (χ1) is 17.1. The minimum atomic E-state index is -4.84. The summed E-state index contributed by atoms with van der Waals surface area (Å²) in [6.07, 6.45) is -4.84. The summed E-state index contributed by atoms with van der Waals surface area (Å²) in [6.45, 7) is 0.301. The third kappa shape index (κ3) is 4.59. The number of amides is 1. The second-order valence-electron chi connectivity index (χ2n) is 7.78. The molecule has 0 fully saturated rings. The van der Waals surface area contributed by atoms with E-state index in [1.54, 1.807) is 29.2 Å². The summed E-state index contributed by atoms with van der Waals surface area (Å²) in [6, 6.07) is 10.7. The SMILES string of the molecule is O=C(c1c(Sc2c(Cl)cccc2Cl)cc(C(F)(F)F)[nH]c1=O)N1Cc2ccc(-c3nn[nH]n3)cc2C1. The standard InChI is InChI=1S/C22H13Cl2F3N6O2S/c23-13-2-1-3-14(24)18(13)36-15-7-16(22(25,26)27)28-20(34)17(15)21(35)33-8-11-5-4-10(6-12(11)9-33)19-29-31-32-30-19/h1-7H,8-9H2,(H,28,34)(H,29,30,31,32). The lowest BCUT2D eigenvalue weighted by Gasteiger charge is -2.18. The molecule has 0 unspecified atom stereocenters. The van der Waals surface area contributed by atoms with E-state index in [2.05, 4.69) is 20.6 Å². The molecule has 0 saturated heterocycles. The van der Waals surface area contributed by atoms with Crippen LogP contribution < -0.4 is 5.56 Å². The zero-order valence-electron chi connectivity index (χ0n) is 17.9. The number of aromatic amines is 2. The minimum absolute atomic E-state index is 0.136. The van der Waals surface area contributed by atoms with E-state index in [4.69, 9.17) is 23.2 Å². The summed E-state index contributed by atoms with van der Waals surface area (Å²) in [4.78, 5) is 29.5. The summed E-state index contributed by atoms with van der Waals surface area (Å²) < 4.78 is 40.4. The van der Waals surface area contributed by atoms with Crippen LogP contribution in [0.15, 0.2) is 57.1 Å². The van der Waals surface area contributed by atoms with E-state index in [0.717, 1.165) is 29.0 Å². The first kappa shape index (κ1) is 24.3. The predicted molar refractivity (Wildman–Crippen MR) is 126 cm³/mol. The van der Waals surface area contributed by atoms with Gasteiger partial charge in [0.25, 0.3) is 11.5 Å². The maximum atomic E-state index is 13.5. The zero-order chi connectivity index (χ0) is 25.6. The molecule has 14 heteroatoms. The minimum Gasteiger partial charge on any atom is -0.330 e. The van der Waals surface area contributed by atoms with E-state index >= 15 is 0 Å². The summed E-state index contributed by atoms with van der Waals surface area (Å²) in [7, 11) is 0. The van der Waals surface area contributed by atoms with Gasteiger partial charge in [0.1, 0.15) is 11.3 Å². The van der Waals surface area contributed by atoms with E-state index in [9.17, 15) is 22.8 Å². The third-order valence-corrected chi connectivity index (χ3v) is 7.51. The van der Waals surface area contributed by atoms with Crippen LogP contribution in [0.1, 0.15) is 27.2 Å². The van der Waals surface area contributed by atoms with Gasteiger partial charge in [-0.05, 0) is 40.6 Å². The Bertz CT molecular complexity index is 1520. The van der Waals surface area contributed by atoms with Gasteiger partial charge in [-0.1, -0.05) is 53.2 Å². The Labute approximate surface area is 214 Å². The number of halogens is 5. The number of pyridine rings is 1. The molecule has 1 aliphatic rings. The third-order valence-electron chi connectivity index (χ3n) is 5.47. The van der Waals surface area contributed by atoms with Crippen molar-refractivity contribution in [1.82, 2.24) is 30.5 Å². The molecule has 2 aromatic heterocycles. The molecule has 1 amide bonds. The molecule has 8 nitrogen and oxygen atoms in total. The summed E-state index contributed by atoms with van der Waals surface area (Å²) in [5.41, 5.74) is -0.600. The average molecular weight is 553 g/mol. The molecule has 0 bridgehead atoms. The Morgan fingerprint density at radius 1 is 1.06 bits per heavy atom. The number of alkyl halides is 3. The molecule has 0 spiro atoms. The Hall–Kier alpha value is -3.35. The van der Waals surface area contributed by atoms with Crippen LogP contribution in [0.3, 0.4) is 0 Å². The number of nitrogens with one attached hydrogen (secondary N) is 2. The second kappa shape index (κ2) is 9.26. The van der Waals surface area contributed by atoms with Gasteiger partial charge in [0.15, 0.2) is 0 Å². The average Bonchev–Trinajstić information content (AvgIpc) is 3.50. The van der Waals surface area contributed by atoms with Crippen molar-refractivity contribution in [1.29, 1.82) is 0 Å². The van der Waals surface area contributed by atoms with Crippen molar-refractivity contribution in [3.63, 3.8) is 0 Å². The van der Waals surface area contributed by atoms with Crippen LogP contribution in [0.2, 0.25) is 10.0 Å². The first-order valence-corrected chi connectivity index (χ1v) is 11.8. The number of H-pyrrole nitrogens is 2. The van der Waals surface area contributed by atoms with Crippen molar-refractivity contribution in [2.24, 2.45) is 0 Å². The molecule has 36 heavy (non-hydrogen) atoms. The van der Waals surface area contributed by atoms with Crippen LogP contribution in [0.25, 0.3) is 11.4 Å². The fourth-order valence-corrected chi connectivity index (χ4v) is 5.42. The smallest absolute Gasteiger partial charge is 0.330 e. The molecular formula is C22H13Cl2F3N6O2S. The van der Waals surface area contributed by atoms with Crippen molar-refractivity contribution in [2.75, 3.05) is 0 Å². The van der Waals surface area contributed by atoms with E-state index in [0.29, 0.717) is 11.4 Å². The lowest BCUT2D eigenvalue weighted by Crippen LogP contribution is -2.32. The molecule has 0 radical (unpaired) electrons. The highest BCUT2D eigenvalue weighted by Gasteiger charge is 2.36. The van der Waals surface area contributed by atoms with Crippen LogP contribution in [0.4, 0.5) is 13.2 Å². The van der Waals surface area contributed by atoms with Crippen LogP contribution in [-0.4, -0.2) is 36.4 Å². The Kier molecular flexibility index (Phi) is 6.27. The van der Waals surface area contributed by atoms with Gasteiger partial charge in [0.05, 0.1) is 10.0 Å². The number of hydrogen-bond donors (Lipinski definition) is 2. The van der Waals surface area contributed by atoms with Crippen molar-refractivity contribution in [2.45, 2.75) is 29.1 Å². The monoisotopic (exact) mass is 552 g/mol. The fourth-order valence-electron chi connectivity index (χ4n) is 3.78.